The van der Waals surface area contributed by atoms with E-state index in [0.717, 1.165) is 12.8 Å². The lowest BCUT2D eigenvalue weighted by Gasteiger charge is -2.27. The van der Waals surface area contributed by atoms with Crippen LogP contribution in [-0.2, 0) is 19.4 Å². The van der Waals surface area contributed by atoms with E-state index < -0.39 is 9.84 Å². The van der Waals surface area contributed by atoms with Gasteiger partial charge in [-0.05, 0) is 31.6 Å². The summed E-state index contributed by atoms with van der Waals surface area (Å²) in [5.41, 5.74) is 0. The highest BCUT2D eigenvalue weighted by molar-refractivity contribution is 7.91. The van der Waals surface area contributed by atoms with Crippen molar-refractivity contribution in [3.8, 4) is 0 Å². The monoisotopic (exact) mass is 261 g/mol. The number of rotatable bonds is 4. The lowest BCUT2D eigenvalue weighted by atomic mass is 10.1. The van der Waals surface area contributed by atoms with Crippen LogP contribution in [0.4, 0.5) is 0 Å². The lowest BCUT2D eigenvalue weighted by molar-refractivity contribution is -0.144. The average Bonchev–Trinajstić information content (AvgIpc) is 3.11. The van der Waals surface area contributed by atoms with Crippen molar-refractivity contribution in [2.24, 2.45) is 5.92 Å². The quantitative estimate of drug-likeness (QED) is 0.727. The second kappa shape index (κ2) is 4.94. The van der Waals surface area contributed by atoms with Crippen LogP contribution in [0.5, 0.6) is 0 Å². The summed E-state index contributed by atoms with van der Waals surface area (Å²) in [5, 5.41) is 3.27. The summed E-state index contributed by atoms with van der Waals surface area (Å²) in [5.74, 6) is 0.605. The number of methoxy groups -OCH3 is 1. The minimum atomic E-state index is -2.84. The molecule has 0 radical (unpaired) electrons. The first-order chi connectivity index (χ1) is 8.02. The largest absolute Gasteiger partial charge is 0.468 e. The third-order valence-electron chi connectivity index (χ3n) is 3.52. The van der Waals surface area contributed by atoms with E-state index in [-0.39, 0.29) is 29.6 Å². The molecule has 0 amide bonds. The highest BCUT2D eigenvalue weighted by Gasteiger charge is 2.38. The van der Waals surface area contributed by atoms with E-state index in [1.165, 1.54) is 7.11 Å². The minimum Gasteiger partial charge on any atom is -0.468 e. The van der Waals surface area contributed by atoms with Crippen molar-refractivity contribution >= 4 is 15.8 Å². The fraction of sp³-hybridized carbons (Fsp3) is 0.909. The van der Waals surface area contributed by atoms with Crippen LogP contribution in [0.15, 0.2) is 0 Å². The maximum atomic E-state index is 11.6. The first-order valence-corrected chi connectivity index (χ1v) is 7.88. The number of hydrogen-bond donors (Lipinski definition) is 1. The zero-order valence-corrected chi connectivity index (χ0v) is 10.8. The molecule has 1 aliphatic carbocycles. The summed E-state index contributed by atoms with van der Waals surface area (Å²) in [6, 6.07) is -0.117. The molecule has 1 aliphatic heterocycles. The molecule has 2 rings (SSSR count). The third-order valence-corrected chi connectivity index (χ3v) is 5.23. The molecule has 1 heterocycles. The molecule has 5 nitrogen and oxygen atoms in total. The zero-order chi connectivity index (χ0) is 12.5. The SMILES string of the molecule is COC(=O)C(NC1CCS(=O)(=O)CC1)C1CC1. The Morgan fingerprint density at radius 2 is 1.82 bits per heavy atom. The maximum absolute atomic E-state index is 11.6. The van der Waals surface area contributed by atoms with Crippen molar-refractivity contribution in [3.63, 3.8) is 0 Å². The Labute approximate surface area is 102 Å². The molecule has 0 aromatic rings. The Balaban J connectivity index is 1.89. The van der Waals surface area contributed by atoms with Crippen molar-refractivity contribution in [1.82, 2.24) is 5.32 Å². The third kappa shape index (κ3) is 3.42. The molecule has 1 saturated carbocycles. The second-order valence-corrected chi connectivity index (χ2v) is 7.23. The van der Waals surface area contributed by atoms with Gasteiger partial charge in [0.1, 0.15) is 15.9 Å². The molecule has 98 valence electrons. The highest BCUT2D eigenvalue weighted by atomic mass is 32.2. The van der Waals surface area contributed by atoms with Crippen molar-refractivity contribution < 1.29 is 17.9 Å². The molecule has 1 unspecified atom stereocenters. The zero-order valence-electron chi connectivity index (χ0n) is 10.0. The van der Waals surface area contributed by atoms with E-state index >= 15 is 0 Å². The number of esters is 1. The first kappa shape index (κ1) is 12.8. The van der Waals surface area contributed by atoms with Crippen LogP contribution in [0, 0.1) is 5.92 Å². The molecule has 2 aliphatic rings. The standard InChI is InChI=1S/C11H19NO4S/c1-16-11(13)10(8-2-3-8)12-9-4-6-17(14,15)7-5-9/h8-10,12H,2-7H2,1H3. The van der Waals surface area contributed by atoms with E-state index in [9.17, 15) is 13.2 Å². The predicted molar refractivity (Wildman–Crippen MR) is 63.3 cm³/mol. The molecule has 1 N–H and O–H groups in total. The smallest absolute Gasteiger partial charge is 0.323 e. The van der Waals surface area contributed by atoms with Crippen LogP contribution >= 0.6 is 0 Å². The molecule has 6 heteroatoms. The molecule has 0 aromatic carbocycles. The minimum absolute atomic E-state index is 0.128. The molecule has 0 bridgehead atoms. The topological polar surface area (TPSA) is 72.5 Å². The highest BCUT2D eigenvalue weighted by Crippen LogP contribution is 2.33. The summed E-state index contributed by atoms with van der Waals surface area (Å²) < 4.78 is 27.4. The predicted octanol–water partition coefficient (Wildman–Crippen LogP) is 0.105. The van der Waals surface area contributed by atoms with Gasteiger partial charge < -0.3 is 10.1 Å². The number of ether oxygens (including phenoxy) is 1. The van der Waals surface area contributed by atoms with Crippen molar-refractivity contribution in [2.45, 2.75) is 37.8 Å². The van der Waals surface area contributed by atoms with Gasteiger partial charge in [0.25, 0.3) is 0 Å². The van der Waals surface area contributed by atoms with Gasteiger partial charge in [-0.15, -0.1) is 0 Å². The fourth-order valence-electron chi connectivity index (χ4n) is 2.26. The second-order valence-electron chi connectivity index (χ2n) is 4.93. The van der Waals surface area contributed by atoms with E-state index in [1.807, 2.05) is 0 Å². The molecule has 1 saturated heterocycles. The Bertz CT molecular complexity index is 374. The van der Waals surface area contributed by atoms with Crippen molar-refractivity contribution in [2.75, 3.05) is 18.6 Å². The number of carbonyl (C=O) groups excluding carboxylic acids is 1. The average molecular weight is 261 g/mol. The fourth-order valence-corrected chi connectivity index (χ4v) is 3.76. The normalized spacial score (nSPS) is 26.4. The van der Waals surface area contributed by atoms with Crippen molar-refractivity contribution in [1.29, 1.82) is 0 Å². The van der Waals surface area contributed by atoms with Gasteiger partial charge in [-0.1, -0.05) is 0 Å². The molecule has 0 aromatic heterocycles. The summed E-state index contributed by atoms with van der Waals surface area (Å²) >= 11 is 0. The molecule has 17 heavy (non-hydrogen) atoms. The summed E-state index contributed by atoms with van der Waals surface area (Å²) in [6.07, 6.45) is 3.31. The first-order valence-electron chi connectivity index (χ1n) is 6.06. The maximum Gasteiger partial charge on any atom is 0.323 e. The van der Waals surface area contributed by atoms with Crippen LogP contribution in [0.2, 0.25) is 0 Å². The Morgan fingerprint density at radius 3 is 2.29 bits per heavy atom. The summed E-state index contributed by atoms with van der Waals surface area (Å²) in [6.45, 7) is 0. The number of nitrogens with one attached hydrogen (secondary N) is 1. The van der Waals surface area contributed by atoms with Crippen LogP contribution in [0.25, 0.3) is 0 Å². The van der Waals surface area contributed by atoms with Gasteiger partial charge in [0.2, 0.25) is 0 Å². The molecule has 2 fully saturated rings. The summed E-state index contributed by atoms with van der Waals surface area (Å²) in [7, 11) is -1.44. The van der Waals surface area contributed by atoms with Crippen molar-refractivity contribution in [3.05, 3.63) is 0 Å². The molecule has 1 atom stereocenters. The Hall–Kier alpha value is -0.620. The van der Waals surface area contributed by atoms with Crippen LogP contribution in [0.1, 0.15) is 25.7 Å². The van der Waals surface area contributed by atoms with Gasteiger partial charge >= 0.3 is 5.97 Å². The van der Waals surface area contributed by atoms with Gasteiger partial charge in [-0.3, -0.25) is 4.79 Å². The molecular formula is C11H19NO4S. The van der Waals surface area contributed by atoms with Crippen LogP contribution in [-0.4, -0.2) is 45.1 Å². The number of sulfone groups is 1. The molecular weight excluding hydrogens is 242 g/mol. The number of hydrogen-bond acceptors (Lipinski definition) is 5. The van der Waals surface area contributed by atoms with Gasteiger partial charge in [0.15, 0.2) is 0 Å². The van der Waals surface area contributed by atoms with E-state index in [1.54, 1.807) is 0 Å². The Morgan fingerprint density at radius 1 is 1.24 bits per heavy atom. The van der Waals surface area contributed by atoms with Crippen LogP contribution in [0.3, 0.4) is 0 Å². The van der Waals surface area contributed by atoms with Gasteiger partial charge in [0, 0.05) is 6.04 Å². The van der Waals surface area contributed by atoms with E-state index in [2.05, 4.69) is 5.32 Å². The Kier molecular flexibility index (Phi) is 3.73. The van der Waals surface area contributed by atoms with E-state index in [0.29, 0.717) is 18.8 Å². The van der Waals surface area contributed by atoms with Gasteiger partial charge in [-0.2, -0.15) is 0 Å². The van der Waals surface area contributed by atoms with E-state index in [4.69, 9.17) is 4.74 Å². The van der Waals surface area contributed by atoms with Crippen LogP contribution < -0.4 is 5.32 Å². The lowest BCUT2D eigenvalue weighted by Crippen LogP contribution is -2.48. The van der Waals surface area contributed by atoms with Gasteiger partial charge in [0.05, 0.1) is 18.6 Å². The molecule has 0 spiro atoms. The summed E-state index contributed by atoms with van der Waals surface area (Å²) in [4.78, 5) is 11.6. The number of carbonyl (C=O) groups is 1. The van der Waals surface area contributed by atoms with Gasteiger partial charge in [-0.25, -0.2) is 8.42 Å².